The molecule has 2 aromatic rings. The first-order valence-corrected chi connectivity index (χ1v) is 6.85. The van der Waals surface area contributed by atoms with Crippen LogP contribution >= 0.6 is 11.6 Å². The Morgan fingerprint density at radius 1 is 1.33 bits per heavy atom. The molecule has 0 radical (unpaired) electrons. The molecule has 0 unspecified atom stereocenters. The minimum absolute atomic E-state index is 0.282. The Labute approximate surface area is 128 Å². The number of carbonyl (C=O) groups excluding carboxylic acids is 1. The lowest BCUT2D eigenvalue weighted by Gasteiger charge is -2.09. The molecule has 110 valence electrons. The van der Waals surface area contributed by atoms with Gasteiger partial charge in [-0.05, 0) is 24.3 Å². The van der Waals surface area contributed by atoms with Gasteiger partial charge in [-0.25, -0.2) is 4.79 Å². The van der Waals surface area contributed by atoms with Crippen LogP contribution in [0.4, 0.5) is 10.5 Å². The third kappa shape index (κ3) is 4.65. The maximum Gasteiger partial charge on any atom is 0.319 e. The quantitative estimate of drug-likeness (QED) is 0.892. The Bertz CT molecular complexity index is 605. The van der Waals surface area contributed by atoms with Crippen molar-refractivity contribution >= 4 is 23.3 Å². The van der Waals surface area contributed by atoms with Gasteiger partial charge in [0.25, 0.3) is 0 Å². The topological polar surface area (TPSA) is 63.2 Å². The predicted molar refractivity (Wildman–Crippen MR) is 83.0 cm³/mol. The zero-order valence-electron chi connectivity index (χ0n) is 11.6. The van der Waals surface area contributed by atoms with Gasteiger partial charge in [-0.3, -0.25) is 4.98 Å². The SMILES string of the molecule is COc1cc(NC(=O)NCCc2ccccn2)ccc1Cl. The molecule has 0 saturated heterocycles. The highest BCUT2D eigenvalue weighted by Gasteiger charge is 2.05. The van der Waals surface area contributed by atoms with Crippen molar-refractivity contribution in [3.63, 3.8) is 0 Å². The zero-order chi connectivity index (χ0) is 15.1. The minimum Gasteiger partial charge on any atom is -0.495 e. The predicted octanol–water partition coefficient (Wildman–Crippen LogP) is 3.11. The molecule has 21 heavy (non-hydrogen) atoms. The van der Waals surface area contributed by atoms with Gasteiger partial charge in [0.05, 0.1) is 12.1 Å². The van der Waals surface area contributed by atoms with Gasteiger partial charge in [0.2, 0.25) is 0 Å². The lowest BCUT2D eigenvalue weighted by atomic mass is 10.3. The van der Waals surface area contributed by atoms with E-state index >= 15 is 0 Å². The van der Waals surface area contributed by atoms with Crippen LogP contribution in [-0.4, -0.2) is 24.7 Å². The monoisotopic (exact) mass is 305 g/mol. The van der Waals surface area contributed by atoms with Crippen molar-refractivity contribution in [2.75, 3.05) is 19.0 Å². The van der Waals surface area contributed by atoms with Crippen LogP contribution in [0.1, 0.15) is 5.69 Å². The van der Waals surface area contributed by atoms with E-state index in [2.05, 4.69) is 15.6 Å². The van der Waals surface area contributed by atoms with E-state index in [9.17, 15) is 4.79 Å². The first-order valence-electron chi connectivity index (χ1n) is 6.47. The van der Waals surface area contributed by atoms with Gasteiger partial charge in [0.15, 0.2) is 0 Å². The van der Waals surface area contributed by atoms with E-state index in [0.29, 0.717) is 29.4 Å². The van der Waals surface area contributed by atoms with Crippen molar-refractivity contribution in [1.82, 2.24) is 10.3 Å². The number of hydrogen-bond donors (Lipinski definition) is 2. The van der Waals surface area contributed by atoms with E-state index in [-0.39, 0.29) is 6.03 Å². The fourth-order valence-electron chi connectivity index (χ4n) is 1.76. The smallest absolute Gasteiger partial charge is 0.319 e. The Hall–Kier alpha value is -2.27. The summed E-state index contributed by atoms with van der Waals surface area (Å²) in [4.78, 5) is 16.0. The molecular formula is C15H16ClN3O2. The molecule has 2 amide bonds. The third-order valence-electron chi connectivity index (χ3n) is 2.80. The average molecular weight is 306 g/mol. The van der Waals surface area contributed by atoms with E-state index in [4.69, 9.17) is 16.3 Å². The summed E-state index contributed by atoms with van der Waals surface area (Å²) >= 11 is 5.92. The number of halogens is 1. The lowest BCUT2D eigenvalue weighted by molar-refractivity contribution is 0.252. The summed E-state index contributed by atoms with van der Waals surface area (Å²) in [6, 6.07) is 10.5. The van der Waals surface area contributed by atoms with E-state index in [0.717, 1.165) is 5.69 Å². The molecule has 0 spiro atoms. The second-order valence-corrected chi connectivity index (χ2v) is 4.71. The second kappa shape index (κ2) is 7.50. The van der Waals surface area contributed by atoms with Crippen LogP contribution in [-0.2, 0) is 6.42 Å². The average Bonchev–Trinajstić information content (AvgIpc) is 2.50. The Morgan fingerprint density at radius 3 is 2.90 bits per heavy atom. The first kappa shape index (κ1) is 15.1. The number of benzene rings is 1. The Morgan fingerprint density at radius 2 is 2.19 bits per heavy atom. The number of nitrogens with zero attached hydrogens (tertiary/aromatic N) is 1. The van der Waals surface area contributed by atoms with Crippen molar-refractivity contribution < 1.29 is 9.53 Å². The number of nitrogens with one attached hydrogen (secondary N) is 2. The van der Waals surface area contributed by atoms with E-state index in [1.54, 1.807) is 24.4 Å². The number of amides is 2. The van der Waals surface area contributed by atoms with E-state index in [1.807, 2.05) is 18.2 Å². The summed E-state index contributed by atoms with van der Waals surface area (Å²) in [6.07, 6.45) is 2.41. The van der Waals surface area contributed by atoms with Gasteiger partial charge in [0.1, 0.15) is 5.75 Å². The summed E-state index contributed by atoms with van der Waals surface area (Å²) in [6.45, 7) is 0.508. The molecule has 1 heterocycles. The fourth-order valence-corrected chi connectivity index (χ4v) is 1.96. The second-order valence-electron chi connectivity index (χ2n) is 4.30. The molecule has 2 N–H and O–H groups in total. The van der Waals surface area contributed by atoms with Gasteiger partial charge >= 0.3 is 6.03 Å². The third-order valence-corrected chi connectivity index (χ3v) is 3.11. The highest BCUT2D eigenvalue weighted by molar-refractivity contribution is 6.32. The summed E-state index contributed by atoms with van der Waals surface area (Å²) < 4.78 is 5.09. The maximum atomic E-state index is 11.8. The number of hydrogen-bond acceptors (Lipinski definition) is 3. The molecule has 0 aliphatic rings. The minimum atomic E-state index is -0.282. The van der Waals surface area contributed by atoms with Gasteiger partial charge in [0, 0.05) is 36.6 Å². The summed E-state index contributed by atoms with van der Waals surface area (Å²) in [5, 5.41) is 5.99. The van der Waals surface area contributed by atoms with Gasteiger partial charge in [-0.2, -0.15) is 0 Å². The van der Waals surface area contributed by atoms with Crippen LogP contribution in [0.15, 0.2) is 42.6 Å². The number of aromatic nitrogens is 1. The van der Waals surface area contributed by atoms with E-state index < -0.39 is 0 Å². The molecule has 0 fully saturated rings. The summed E-state index contributed by atoms with van der Waals surface area (Å²) in [5.41, 5.74) is 1.55. The Balaban J connectivity index is 1.82. The summed E-state index contributed by atoms with van der Waals surface area (Å²) in [5.74, 6) is 0.517. The molecular weight excluding hydrogens is 290 g/mol. The highest BCUT2D eigenvalue weighted by atomic mass is 35.5. The number of rotatable bonds is 5. The van der Waals surface area contributed by atoms with Crippen LogP contribution < -0.4 is 15.4 Å². The van der Waals surface area contributed by atoms with Crippen LogP contribution in [0.5, 0.6) is 5.75 Å². The van der Waals surface area contributed by atoms with Crippen LogP contribution in [0.2, 0.25) is 5.02 Å². The van der Waals surface area contributed by atoms with Crippen molar-refractivity contribution in [3.05, 3.63) is 53.3 Å². The van der Waals surface area contributed by atoms with Crippen molar-refractivity contribution in [2.24, 2.45) is 0 Å². The fraction of sp³-hybridized carbons (Fsp3) is 0.200. The number of ether oxygens (including phenoxy) is 1. The van der Waals surface area contributed by atoms with Crippen molar-refractivity contribution in [2.45, 2.75) is 6.42 Å². The molecule has 1 aromatic heterocycles. The van der Waals surface area contributed by atoms with Crippen molar-refractivity contribution in [1.29, 1.82) is 0 Å². The van der Waals surface area contributed by atoms with Gasteiger partial charge in [-0.15, -0.1) is 0 Å². The molecule has 2 rings (SSSR count). The highest BCUT2D eigenvalue weighted by Crippen LogP contribution is 2.27. The number of urea groups is 1. The summed E-state index contributed by atoms with van der Waals surface area (Å²) in [7, 11) is 1.53. The van der Waals surface area contributed by atoms with E-state index in [1.165, 1.54) is 7.11 Å². The maximum absolute atomic E-state index is 11.8. The molecule has 1 aromatic carbocycles. The number of anilines is 1. The molecule has 0 bridgehead atoms. The number of pyridine rings is 1. The zero-order valence-corrected chi connectivity index (χ0v) is 12.4. The number of carbonyl (C=O) groups is 1. The molecule has 5 nitrogen and oxygen atoms in total. The molecule has 6 heteroatoms. The van der Waals surface area contributed by atoms with Gasteiger partial charge < -0.3 is 15.4 Å². The molecule has 0 atom stereocenters. The van der Waals surface area contributed by atoms with Gasteiger partial charge in [-0.1, -0.05) is 17.7 Å². The van der Waals surface area contributed by atoms with Crippen LogP contribution in [0, 0.1) is 0 Å². The Kier molecular flexibility index (Phi) is 5.40. The normalized spacial score (nSPS) is 10.0. The van der Waals surface area contributed by atoms with Crippen LogP contribution in [0.3, 0.4) is 0 Å². The molecule has 0 aliphatic carbocycles. The largest absolute Gasteiger partial charge is 0.495 e. The molecule has 0 aliphatic heterocycles. The molecule has 0 saturated carbocycles. The van der Waals surface area contributed by atoms with Crippen LogP contribution in [0.25, 0.3) is 0 Å². The number of methoxy groups -OCH3 is 1. The first-order chi connectivity index (χ1) is 10.2. The lowest BCUT2D eigenvalue weighted by Crippen LogP contribution is -2.30. The standard InChI is InChI=1S/C15H16ClN3O2/c1-21-14-10-12(5-6-13(14)16)19-15(20)18-9-7-11-4-2-3-8-17-11/h2-6,8,10H,7,9H2,1H3,(H2,18,19,20). The van der Waals surface area contributed by atoms with Crippen molar-refractivity contribution in [3.8, 4) is 5.75 Å².